The van der Waals surface area contributed by atoms with Gasteiger partial charge in [0.2, 0.25) is 0 Å². The second kappa shape index (κ2) is 25.8. The molecule has 0 N–H and O–H groups in total. The van der Waals surface area contributed by atoms with Crippen molar-refractivity contribution in [1.29, 1.82) is 0 Å². The molecule has 0 spiro atoms. The molecule has 0 aromatic heterocycles. The van der Waals surface area contributed by atoms with Crippen molar-refractivity contribution in [3.63, 3.8) is 0 Å². The Bertz CT molecular complexity index is 3550. The van der Waals surface area contributed by atoms with Crippen LogP contribution in [0.25, 0.3) is 99.4 Å². The first-order valence-electron chi connectivity index (χ1n) is 26.2. The topological polar surface area (TPSA) is 0 Å². The Morgan fingerprint density at radius 3 is 1.20 bits per heavy atom. The Morgan fingerprint density at radius 1 is 0.395 bits per heavy atom. The summed E-state index contributed by atoms with van der Waals surface area (Å²) >= 11 is -0.826. The van der Waals surface area contributed by atoms with Crippen molar-refractivity contribution in [1.82, 2.24) is 0 Å². The van der Waals surface area contributed by atoms with Crippen LogP contribution in [0.5, 0.6) is 0 Å². The van der Waals surface area contributed by atoms with E-state index in [0.717, 1.165) is 35.2 Å². The van der Waals surface area contributed by atoms with Gasteiger partial charge in [-0.15, -0.1) is 74.6 Å². The first kappa shape index (κ1) is 52.5. The first-order valence-corrected chi connectivity index (χ1v) is 33.6. The number of halogens is 2. The maximum Gasteiger partial charge on any atom is 0.0920 e. The smallest absolute Gasteiger partial charge is 0.0920 e. The van der Waals surface area contributed by atoms with Crippen LogP contribution in [-0.2, 0) is 33.7 Å². The number of fused-ring (bicyclic) bond motifs is 5. The van der Waals surface area contributed by atoms with Gasteiger partial charge in [-0.3, -0.25) is 0 Å². The van der Waals surface area contributed by atoms with Crippen LogP contribution in [-0.4, -0.2) is 9.52 Å². The molecule has 12 aromatic rings. The molecule has 4 heteroatoms. The summed E-state index contributed by atoms with van der Waals surface area (Å²) in [5.74, 6) is 0. The molecule has 1 aliphatic rings. The molecular formula is C72H57Cl2SiZr-3. The SMILES string of the molecule is CCCc1ccc2[cH-]c(-c3ccccc3)cc2c1-c1ccccc1-c1ccccc1.CCCc1ccc2[cH-]c(-c3ccccc3)cc2c1-c1ccccc1-c1ccccc1.[Cl][Zr][Cl].[c-]1cccc2c1[Si]c1ccccc1-2. The van der Waals surface area contributed by atoms with Gasteiger partial charge in [-0.05, 0) is 57.3 Å². The van der Waals surface area contributed by atoms with Crippen LogP contribution < -0.4 is 10.4 Å². The molecule has 0 fully saturated rings. The van der Waals surface area contributed by atoms with Gasteiger partial charge >= 0.3 is 37.9 Å². The second-order valence-corrected chi connectivity index (χ2v) is 24.0. The molecule has 76 heavy (non-hydrogen) atoms. The number of hydrogen-bond donors (Lipinski definition) is 0. The van der Waals surface area contributed by atoms with Gasteiger partial charge in [-0.25, -0.2) is 0 Å². The number of benzene rings is 10. The fourth-order valence-corrected chi connectivity index (χ4v) is 12.0. The molecule has 0 bridgehead atoms. The van der Waals surface area contributed by atoms with E-state index in [2.05, 4.69) is 275 Å². The summed E-state index contributed by atoms with van der Waals surface area (Å²) in [6.07, 6.45) is 4.44. The van der Waals surface area contributed by atoms with Crippen LogP contribution in [0, 0.1) is 6.07 Å². The van der Waals surface area contributed by atoms with Gasteiger partial charge < -0.3 is 0 Å². The van der Waals surface area contributed by atoms with Crippen molar-refractivity contribution in [3.8, 4) is 77.9 Å². The summed E-state index contributed by atoms with van der Waals surface area (Å²) in [4.78, 5) is 0. The van der Waals surface area contributed by atoms with E-state index >= 15 is 0 Å². The monoisotopic (exact) mass is 1110 g/mol. The number of rotatable bonds is 10. The number of aryl methyl sites for hydroxylation is 2. The van der Waals surface area contributed by atoms with Crippen LogP contribution in [0.1, 0.15) is 37.8 Å². The van der Waals surface area contributed by atoms with Crippen LogP contribution in [0.4, 0.5) is 0 Å². The van der Waals surface area contributed by atoms with E-state index in [1.54, 1.807) is 0 Å². The summed E-state index contributed by atoms with van der Waals surface area (Å²) in [6.45, 7) is 4.52. The van der Waals surface area contributed by atoms with Gasteiger partial charge in [-0.2, -0.15) is 29.5 Å². The maximum absolute atomic E-state index is 4.93. The van der Waals surface area contributed by atoms with Crippen molar-refractivity contribution >= 4 is 58.5 Å². The van der Waals surface area contributed by atoms with Crippen LogP contribution in [0.2, 0.25) is 0 Å². The largest absolute Gasteiger partial charge is 0.184 e. The Hall–Kier alpha value is -6.90. The fraction of sp³-hybridized carbons (Fsp3) is 0.0833. The fourth-order valence-electron chi connectivity index (χ4n) is 10.7. The van der Waals surface area contributed by atoms with Gasteiger partial charge in [0.15, 0.2) is 0 Å². The van der Waals surface area contributed by atoms with Crippen LogP contribution in [0.3, 0.4) is 0 Å². The van der Waals surface area contributed by atoms with Gasteiger partial charge in [0, 0.05) is 0 Å². The molecule has 0 saturated carbocycles. The zero-order valence-corrected chi connectivity index (χ0v) is 47.9. The zero-order chi connectivity index (χ0) is 52.1. The predicted molar refractivity (Wildman–Crippen MR) is 327 cm³/mol. The summed E-state index contributed by atoms with van der Waals surface area (Å²) < 4.78 is 0. The van der Waals surface area contributed by atoms with Crippen LogP contribution in [0.15, 0.2) is 261 Å². The Labute approximate surface area is 470 Å². The van der Waals surface area contributed by atoms with Gasteiger partial charge in [0.05, 0.1) is 9.52 Å². The average molecular weight is 1110 g/mol. The van der Waals surface area contributed by atoms with E-state index in [4.69, 9.17) is 17.0 Å². The molecule has 370 valence electrons. The molecule has 1 heterocycles. The average Bonchev–Trinajstić information content (AvgIpc) is 4.25. The molecule has 0 unspecified atom stereocenters. The van der Waals surface area contributed by atoms with E-state index < -0.39 is 20.8 Å². The zero-order valence-electron chi connectivity index (χ0n) is 42.9. The second-order valence-electron chi connectivity index (χ2n) is 18.9. The third kappa shape index (κ3) is 11.9. The van der Waals surface area contributed by atoms with Crippen molar-refractivity contribution in [2.45, 2.75) is 39.5 Å². The van der Waals surface area contributed by atoms with Crippen molar-refractivity contribution in [3.05, 3.63) is 278 Å². The number of hydrogen-bond acceptors (Lipinski definition) is 0. The maximum atomic E-state index is 4.93. The molecule has 0 amide bonds. The molecule has 0 atom stereocenters. The Balaban J connectivity index is 0.000000135. The molecular weight excluding hydrogens is 1060 g/mol. The molecule has 12 aromatic carbocycles. The molecule has 13 rings (SSSR count). The molecule has 2 radical (unpaired) electrons. The van der Waals surface area contributed by atoms with E-state index in [1.165, 1.54) is 121 Å². The molecule has 1 aliphatic heterocycles. The van der Waals surface area contributed by atoms with Crippen molar-refractivity contribution in [2.75, 3.05) is 0 Å². The van der Waals surface area contributed by atoms with Crippen molar-refractivity contribution < 1.29 is 20.8 Å². The predicted octanol–water partition coefficient (Wildman–Crippen LogP) is 19.5. The van der Waals surface area contributed by atoms with E-state index in [0.29, 0.717) is 0 Å². The Morgan fingerprint density at radius 2 is 0.763 bits per heavy atom. The Kier molecular flexibility index (Phi) is 17.8. The summed E-state index contributed by atoms with van der Waals surface area (Å²) in [7, 11) is 10.7. The molecule has 0 aliphatic carbocycles. The first-order chi connectivity index (χ1) is 37.6. The van der Waals surface area contributed by atoms with Gasteiger partial charge in [0.1, 0.15) is 0 Å². The van der Waals surface area contributed by atoms with Gasteiger partial charge in [-0.1, -0.05) is 266 Å². The van der Waals surface area contributed by atoms with E-state index in [9.17, 15) is 0 Å². The minimum atomic E-state index is -0.826. The third-order valence-electron chi connectivity index (χ3n) is 14.1. The standard InChI is InChI=1S/2C30H25.C12H7Si.2ClH.Zr/c2*1-2-11-24-18-19-25-20-26(22-12-5-3-6-13-22)21-29(25)30(24)28-17-10-9-16-27(28)23-14-7-4-8-15-23;1-3-7-11-9(5-1)10-6-2-4-8-12(10)13-11;;;/h2*3-10,12-21H,2,11H2,1H3;1-7H;2*1H;/q3*-1;;;+2/p-2. The van der Waals surface area contributed by atoms with Crippen LogP contribution >= 0.6 is 17.0 Å². The molecule has 0 saturated heterocycles. The van der Waals surface area contributed by atoms with Gasteiger partial charge in [0.25, 0.3) is 0 Å². The summed E-state index contributed by atoms with van der Waals surface area (Å²) in [6, 6.07) is 97.4. The van der Waals surface area contributed by atoms with Crippen molar-refractivity contribution in [2.24, 2.45) is 0 Å². The normalized spacial score (nSPS) is 11.1. The van der Waals surface area contributed by atoms with E-state index in [-0.39, 0.29) is 0 Å². The minimum Gasteiger partial charge on any atom is -0.184 e. The third-order valence-corrected chi connectivity index (χ3v) is 15.5. The quantitative estimate of drug-likeness (QED) is 0.0946. The minimum absolute atomic E-state index is 0.795. The molecule has 0 nitrogen and oxygen atoms in total. The summed E-state index contributed by atoms with van der Waals surface area (Å²) in [5.41, 5.74) is 21.3. The van der Waals surface area contributed by atoms with E-state index in [1.807, 2.05) is 6.07 Å². The summed E-state index contributed by atoms with van der Waals surface area (Å²) in [5, 5.41) is 8.15.